The lowest BCUT2D eigenvalue weighted by molar-refractivity contribution is 0.0474. The molecule has 0 fully saturated rings. The minimum Gasteiger partial charge on any atom is -0.493 e. The van der Waals surface area contributed by atoms with Crippen LogP contribution in [0.25, 0.3) is 0 Å². The number of hydrogen-bond acceptors (Lipinski definition) is 4. The number of benzene rings is 1. The lowest BCUT2D eigenvalue weighted by Gasteiger charge is -2.30. The van der Waals surface area contributed by atoms with Crippen LogP contribution in [0.5, 0.6) is 5.75 Å². The van der Waals surface area contributed by atoms with Crippen molar-refractivity contribution in [3.8, 4) is 5.75 Å². The predicted molar refractivity (Wildman–Crippen MR) is 128 cm³/mol. The predicted octanol–water partition coefficient (Wildman–Crippen LogP) is 3.64. The number of fused-ring (bicyclic) bond motifs is 1. The van der Waals surface area contributed by atoms with Crippen LogP contribution >= 0.6 is 24.0 Å². The molecule has 3 N–H and O–H groups in total. The number of amides is 1. The Morgan fingerprint density at radius 2 is 1.90 bits per heavy atom. The van der Waals surface area contributed by atoms with E-state index in [9.17, 15) is 4.79 Å². The number of aliphatic imine (C=N–C) groups is 1. The molecule has 2 rings (SSSR count). The molecule has 0 spiro atoms. The molecule has 0 aromatic heterocycles. The number of para-hydroxylation sites is 1. The largest absolute Gasteiger partial charge is 0.493 e. The van der Waals surface area contributed by atoms with Crippen molar-refractivity contribution in [3.05, 3.63) is 29.8 Å². The summed E-state index contributed by atoms with van der Waals surface area (Å²) in [5.41, 5.74) is 0.208. The van der Waals surface area contributed by atoms with Gasteiger partial charge in [0.25, 0.3) is 0 Å². The lowest BCUT2D eigenvalue weighted by atomic mass is 9.93. The second-order valence-corrected chi connectivity index (χ2v) is 8.69. The SMILES string of the molecule is CN=C(NCC1CCOc2ccccc21)NCC(C)(C)NC(=O)OC(C)(C)C.I. The number of rotatable bonds is 5. The molecule has 8 heteroatoms. The summed E-state index contributed by atoms with van der Waals surface area (Å²) in [6.45, 7) is 11.4. The average molecular weight is 518 g/mol. The van der Waals surface area contributed by atoms with Gasteiger partial charge in [0, 0.05) is 26.1 Å². The second kappa shape index (κ2) is 10.9. The minimum atomic E-state index is -0.523. The molecule has 1 unspecified atom stereocenters. The summed E-state index contributed by atoms with van der Waals surface area (Å²) in [5.74, 6) is 2.03. The Morgan fingerprint density at radius 3 is 2.55 bits per heavy atom. The smallest absolute Gasteiger partial charge is 0.408 e. The van der Waals surface area contributed by atoms with Crippen LogP contribution in [0.3, 0.4) is 0 Å². The van der Waals surface area contributed by atoms with E-state index in [4.69, 9.17) is 9.47 Å². The average Bonchev–Trinajstić information content (AvgIpc) is 2.59. The fourth-order valence-electron chi connectivity index (χ4n) is 3.00. The Hall–Kier alpha value is -1.71. The molecule has 1 amide bonds. The summed E-state index contributed by atoms with van der Waals surface area (Å²) in [5, 5.41) is 9.55. The third-order valence-corrected chi connectivity index (χ3v) is 4.36. The molecule has 1 atom stereocenters. The minimum absolute atomic E-state index is 0. The van der Waals surface area contributed by atoms with E-state index >= 15 is 0 Å². The Kier molecular flexibility index (Phi) is 9.51. The molecule has 0 aliphatic carbocycles. The van der Waals surface area contributed by atoms with Gasteiger partial charge in [0.05, 0.1) is 12.1 Å². The van der Waals surface area contributed by atoms with Crippen LogP contribution in [0.15, 0.2) is 29.3 Å². The van der Waals surface area contributed by atoms with Crippen molar-refractivity contribution in [3.63, 3.8) is 0 Å². The highest BCUT2D eigenvalue weighted by atomic mass is 127. The molecule has 0 saturated carbocycles. The number of halogens is 1. The van der Waals surface area contributed by atoms with E-state index in [0.29, 0.717) is 18.4 Å². The molecule has 0 bridgehead atoms. The Bertz CT molecular complexity index is 701. The molecule has 1 aromatic carbocycles. The van der Waals surface area contributed by atoms with Gasteiger partial charge in [0.1, 0.15) is 11.4 Å². The van der Waals surface area contributed by atoms with E-state index in [0.717, 1.165) is 25.3 Å². The van der Waals surface area contributed by atoms with E-state index < -0.39 is 17.2 Å². The van der Waals surface area contributed by atoms with Gasteiger partial charge < -0.3 is 25.4 Å². The van der Waals surface area contributed by atoms with Gasteiger partial charge in [-0.25, -0.2) is 4.79 Å². The third kappa shape index (κ3) is 8.67. The van der Waals surface area contributed by atoms with Crippen molar-refractivity contribution in [1.82, 2.24) is 16.0 Å². The number of carbonyl (C=O) groups is 1. The number of ether oxygens (including phenoxy) is 2. The standard InChI is InChI=1S/C21H34N4O3.HI/c1-20(2,3)28-19(26)25-21(4,5)14-24-18(22-6)23-13-15-11-12-27-17-10-8-7-9-16(15)17;/h7-10,15H,11-14H2,1-6H3,(H,25,26)(H2,22,23,24);1H. The number of nitrogens with zero attached hydrogens (tertiary/aromatic N) is 1. The number of nitrogens with one attached hydrogen (secondary N) is 3. The van der Waals surface area contributed by atoms with E-state index in [-0.39, 0.29) is 24.0 Å². The highest BCUT2D eigenvalue weighted by molar-refractivity contribution is 14.0. The Morgan fingerprint density at radius 1 is 1.21 bits per heavy atom. The van der Waals surface area contributed by atoms with Crippen LogP contribution in [-0.4, -0.2) is 49.9 Å². The van der Waals surface area contributed by atoms with E-state index in [1.165, 1.54) is 5.56 Å². The van der Waals surface area contributed by atoms with Crippen LogP contribution < -0.4 is 20.7 Å². The lowest BCUT2D eigenvalue weighted by Crippen LogP contribution is -2.54. The van der Waals surface area contributed by atoms with Gasteiger partial charge in [0.2, 0.25) is 0 Å². The zero-order chi connectivity index (χ0) is 20.8. The van der Waals surface area contributed by atoms with E-state index in [1.54, 1.807) is 7.05 Å². The number of hydrogen-bond donors (Lipinski definition) is 3. The van der Waals surface area contributed by atoms with Gasteiger partial charge in [-0.3, -0.25) is 4.99 Å². The summed E-state index contributed by atoms with van der Waals surface area (Å²) < 4.78 is 11.1. The Balaban J connectivity index is 0.00000420. The van der Waals surface area contributed by atoms with E-state index in [2.05, 4.69) is 27.0 Å². The topological polar surface area (TPSA) is 84.0 Å². The zero-order valence-corrected chi connectivity index (χ0v) is 20.6. The van der Waals surface area contributed by atoms with Crippen LogP contribution in [-0.2, 0) is 4.74 Å². The van der Waals surface area contributed by atoms with Crippen LogP contribution in [0.2, 0.25) is 0 Å². The molecule has 1 aliphatic heterocycles. The number of guanidine groups is 1. The summed E-state index contributed by atoms with van der Waals surface area (Å²) >= 11 is 0. The summed E-state index contributed by atoms with van der Waals surface area (Å²) in [7, 11) is 1.74. The fraction of sp³-hybridized carbons (Fsp3) is 0.619. The maximum Gasteiger partial charge on any atom is 0.408 e. The molecular formula is C21H35IN4O3. The van der Waals surface area contributed by atoms with Gasteiger partial charge in [-0.05, 0) is 52.7 Å². The van der Waals surface area contributed by atoms with Crippen molar-refractivity contribution in [1.29, 1.82) is 0 Å². The number of carbonyl (C=O) groups excluding carboxylic acids is 1. The quantitative estimate of drug-likeness (QED) is 0.315. The summed E-state index contributed by atoms with van der Waals surface area (Å²) in [6, 6.07) is 8.16. The van der Waals surface area contributed by atoms with Crippen molar-refractivity contribution in [2.45, 2.75) is 58.1 Å². The van der Waals surface area contributed by atoms with Gasteiger partial charge in [0.15, 0.2) is 5.96 Å². The van der Waals surface area contributed by atoms with Crippen molar-refractivity contribution in [2.75, 3.05) is 26.7 Å². The zero-order valence-electron chi connectivity index (χ0n) is 18.3. The molecule has 1 aliphatic rings. The molecular weight excluding hydrogens is 483 g/mol. The summed E-state index contributed by atoms with van der Waals surface area (Å²) in [6.07, 6.45) is 0.535. The highest BCUT2D eigenvalue weighted by Crippen LogP contribution is 2.32. The first-order valence-electron chi connectivity index (χ1n) is 9.77. The fourth-order valence-corrected chi connectivity index (χ4v) is 3.00. The normalized spacial score (nSPS) is 16.6. The first-order valence-corrected chi connectivity index (χ1v) is 9.77. The van der Waals surface area contributed by atoms with Gasteiger partial charge in [-0.1, -0.05) is 18.2 Å². The van der Waals surface area contributed by atoms with Crippen molar-refractivity contribution < 1.29 is 14.3 Å². The molecule has 7 nitrogen and oxygen atoms in total. The maximum atomic E-state index is 12.0. The van der Waals surface area contributed by atoms with Crippen LogP contribution in [0, 0.1) is 0 Å². The maximum absolute atomic E-state index is 12.0. The molecule has 0 radical (unpaired) electrons. The monoisotopic (exact) mass is 518 g/mol. The molecule has 1 aromatic rings. The number of alkyl carbamates (subject to hydrolysis) is 1. The van der Waals surface area contributed by atoms with Crippen molar-refractivity contribution >= 4 is 36.0 Å². The molecule has 29 heavy (non-hydrogen) atoms. The van der Waals surface area contributed by atoms with Gasteiger partial charge in [-0.2, -0.15) is 0 Å². The molecule has 164 valence electrons. The first-order chi connectivity index (χ1) is 13.1. The second-order valence-electron chi connectivity index (χ2n) is 8.69. The Labute approximate surface area is 191 Å². The third-order valence-electron chi connectivity index (χ3n) is 4.36. The van der Waals surface area contributed by atoms with Crippen molar-refractivity contribution in [2.24, 2.45) is 4.99 Å². The van der Waals surface area contributed by atoms with Crippen LogP contribution in [0.1, 0.15) is 52.5 Å². The van der Waals surface area contributed by atoms with Crippen LogP contribution in [0.4, 0.5) is 4.79 Å². The van der Waals surface area contributed by atoms with E-state index in [1.807, 2.05) is 52.8 Å². The van der Waals surface area contributed by atoms with Gasteiger partial charge in [-0.15, -0.1) is 24.0 Å². The molecule has 0 saturated heterocycles. The highest BCUT2D eigenvalue weighted by Gasteiger charge is 2.25. The first kappa shape index (κ1) is 25.3. The summed E-state index contributed by atoms with van der Waals surface area (Å²) in [4.78, 5) is 16.3. The van der Waals surface area contributed by atoms with Gasteiger partial charge >= 0.3 is 6.09 Å². The molecule has 1 heterocycles.